The SMILES string of the molecule is C=C(C)[C@@H]1CC[C@]2(C(=O)N3CCC[C@@H]3c3nc(-c4ccccc4)no3)CC[C@]3(C)[C@H](CCC4[C@@]5(C)CC[C@H](O)C(C)(C)[C@@H]5CC[C@]43C)C12. The number of nitrogens with zero attached hydrogens (tertiary/aromatic N) is 3. The lowest BCUT2D eigenvalue weighted by atomic mass is 9.32. The number of carbonyl (C=O) groups is 1. The quantitative estimate of drug-likeness (QED) is 0.333. The molecular formula is C42H59N3O3. The van der Waals surface area contributed by atoms with E-state index in [4.69, 9.17) is 9.51 Å². The van der Waals surface area contributed by atoms with Crippen LogP contribution in [0.15, 0.2) is 47.0 Å². The highest BCUT2D eigenvalue weighted by Gasteiger charge is 2.72. The van der Waals surface area contributed by atoms with E-state index in [1.165, 1.54) is 31.3 Å². The Bertz CT molecular complexity index is 1580. The van der Waals surface area contributed by atoms with Gasteiger partial charge in [0.15, 0.2) is 0 Å². The van der Waals surface area contributed by atoms with Gasteiger partial charge in [-0.1, -0.05) is 82.3 Å². The van der Waals surface area contributed by atoms with Gasteiger partial charge in [-0.15, -0.1) is 0 Å². The molecule has 48 heavy (non-hydrogen) atoms. The van der Waals surface area contributed by atoms with Crippen LogP contribution in [0.2, 0.25) is 0 Å². The summed E-state index contributed by atoms with van der Waals surface area (Å²) in [5.74, 6) is 3.99. The van der Waals surface area contributed by atoms with Gasteiger partial charge in [-0.2, -0.15) is 4.98 Å². The van der Waals surface area contributed by atoms with Crippen LogP contribution in [0.1, 0.15) is 131 Å². The Morgan fingerprint density at radius 1 is 0.896 bits per heavy atom. The predicted octanol–water partition coefficient (Wildman–Crippen LogP) is 9.42. The number of fused-ring (bicyclic) bond motifs is 7. The average molecular weight is 654 g/mol. The van der Waals surface area contributed by atoms with E-state index in [-0.39, 0.29) is 39.2 Å². The molecule has 2 unspecified atom stereocenters. The molecule has 6 aliphatic rings. The Balaban J connectivity index is 1.12. The van der Waals surface area contributed by atoms with Crippen LogP contribution in [0.3, 0.4) is 0 Å². The lowest BCUT2D eigenvalue weighted by Gasteiger charge is -2.73. The first-order chi connectivity index (χ1) is 22.8. The van der Waals surface area contributed by atoms with Crippen molar-refractivity contribution in [1.29, 1.82) is 0 Å². The van der Waals surface area contributed by atoms with Crippen LogP contribution in [0.4, 0.5) is 0 Å². The fourth-order valence-electron chi connectivity index (χ4n) is 14.1. The molecule has 6 nitrogen and oxygen atoms in total. The van der Waals surface area contributed by atoms with Crippen molar-refractivity contribution in [1.82, 2.24) is 15.0 Å². The van der Waals surface area contributed by atoms with E-state index in [9.17, 15) is 5.11 Å². The molecule has 5 saturated carbocycles. The average Bonchev–Trinajstić information content (AvgIpc) is 3.82. The number of hydrogen-bond donors (Lipinski definition) is 1. The molecule has 1 aromatic heterocycles. The molecule has 5 aliphatic carbocycles. The number of aromatic nitrogens is 2. The fraction of sp³-hybridized carbons (Fsp3) is 0.738. The highest BCUT2D eigenvalue weighted by Crippen LogP contribution is 2.77. The monoisotopic (exact) mass is 653 g/mol. The van der Waals surface area contributed by atoms with Gasteiger partial charge in [-0.05, 0) is 135 Å². The van der Waals surface area contributed by atoms with Crippen LogP contribution >= 0.6 is 0 Å². The van der Waals surface area contributed by atoms with Gasteiger partial charge < -0.3 is 14.5 Å². The van der Waals surface area contributed by atoms with E-state index < -0.39 is 0 Å². The normalized spacial score (nSPS) is 44.7. The van der Waals surface area contributed by atoms with Crippen LogP contribution in [0.25, 0.3) is 11.4 Å². The second kappa shape index (κ2) is 11.0. The Labute approximate surface area is 288 Å². The first kappa shape index (κ1) is 32.7. The second-order valence-electron chi connectivity index (χ2n) is 18.7. The molecule has 260 valence electrons. The highest BCUT2D eigenvalue weighted by atomic mass is 16.5. The standard InChI is InChI=1S/C42H59N3O3/c1-26(2)28-17-22-42(37(47)45-25-11-14-30(45)36-43-35(44-48-36)27-12-9-8-10-13-27)24-23-40(6)29(34(28)42)15-16-32-39(5)20-19-33(46)38(3,4)31(39)18-21-41(32,40)7/h8-10,12-13,28-34,46H,1,11,14-25H2,2-7H3/t28-,29+,30+,31-,32?,33-,34?,39-,40+,41+,42-/m0/s1. The molecule has 2 aromatic rings. The van der Waals surface area contributed by atoms with Gasteiger partial charge in [0, 0.05) is 12.1 Å². The minimum Gasteiger partial charge on any atom is -0.393 e. The molecular weight excluding hydrogens is 594 g/mol. The molecule has 1 aromatic carbocycles. The number of aliphatic hydroxyl groups is 1. The zero-order chi connectivity index (χ0) is 33.9. The summed E-state index contributed by atoms with van der Waals surface area (Å²) in [5, 5.41) is 15.5. The molecule has 1 aliphatic heterocycles. The van der Waals surface area contributed by atoms with Crippen molar-refractivity contribution in [2.75, 3.05) is 6.54 Å². The molecule has 1 N–H and O–H groups in total. The van der Waals surface area contributed by atoms with Gasteiger partial charge in [0.2, 0.25) is 17.6 Å². The maximum atomic E-state index is 15.3. The summed E-state index contributed by atoms with van der Waals surface area (Å²) in [6.07, 6.45) is 12.7. The van der Waals surface area contributed by atoms with Crippen LogP contribution in [-0.4, -0.2) is 38.7 Å². The molecule has 0 bridgehead atoms. The first-order valence-electron chi connectivity index (χ1n) is 19.3. The molecule has 2 heterocycles. The zero-order valence-electron chi connectivity index (χ0n) is 30.4. The Kier molecular flexibility index (Phi) is 7.51. The van der Waals surface area contributed by atoms with Crippen molar-refractivity contribution in [3.05, 3.63) is 48.4 Å². The van der Waals surface area contributed by atoms with Crippen molar-refractivity contribution in [3.63, 3.8) is 0 Å². The molecule has 6 heteroatoms. The number of aliphatic hydroxyl groups excluding tert-OH is 1. The van der Waals surface area contributed by atoms with Crippen molar-refractivity contribution in [2.45, 2.75) is 131 Å². The van der Waals surface area contributed by atoms with E-state index >= 15 is 4.79 Å². The third kappa shape index (κ3) is 4.29. The maximum absolute atomic E-state index is 15.3. The van der Waals surface area contributed by atoms with E-state index in [2.05, 4.69) is 58.2 Å². The summed E-state index contributed by atoms with van der Waals surface area (Å²) < 4.78 is 5.90. The van der Waals surface area contributed by atoms with Crippen LogP contribution in [0.5, 0.6) is 0 Å². The minimum atomic E-state index is -0.347. The highest BCUT2D eigenvalue weighted by molar-refractivity contribution is 5.84. The van der Waals surface area contributed by atoms with Gasteiger partial charge in [0.05, 0.1) is 11.5 Å². The predicted molar refractivity (Wildman–Crippen MR) is 188 cm³/mol. The molecule has 1 saturated heterocycles. The van der Waals surface area contributed by atoms with Gasteiger partial charge in [0.25, 0.3) is 0 Å². The lowest BCUT2D eigenvalue weighted by molar-refractivity contribution is -0.247. The van der Waals surface area contributed by atoms with Crippen LogP contribution in [-0.2, 0) is 4.79 Å². The summed E-state index contributed by atoms with van der Waals surface area (Å²) in [6, 6.07) is 9.84. The largest absolute Gasteiger partial charge is 0.393 e. The summed E-state index contributed by atoms with van der Waals surface area (Å²) in [5.41, 5.74) is 2.48. The van der Waals surface area contributed by atoms with Gasteiger partial charge in [-0.3, -0.25) is 4.79 Å². The summed E-state index contributed by atoms with van der Waals surface area (Å²) in [7, 11) is 0. The molecule has 1 amide bonds. The fourth-order valence-corrected chi connectivity index (χ4v) is 14.1. The molecule has 0 radical (unpaired) electrons. The number of allylic oxidation sites excluding steroid dienone is 1. The second-order valence-corrected chi connectivity index (χ2v) is 18.7. The summed E-state index contributed by atoms with van der Waals surface area (Å²) in [4.78, 5) is 22.3. The van der Waals surface area contributed by atoms with Gasteiger partial charge in [0.1, 0.15) is 6.04 Å². The number of amides is 1. The Hall–Kier alpha value is -2.47. The molecule has 11 atom stereocenters. The van der Waals surface area contributed by atoms with Crippen molar-refractivity contribution >= 4 is 5.91 Å². The first-order valence-corrected chi connectivity index (χ1v) is 19.3. The topological polar surface area (TPSA) is 79.5 Å². The van der Waals surface area contributed by atoms with Gasteiger partial charge >= 0.3 is 0 Å². The summed E-state index contributed by atoms with van der Waals surface area (Å²) in [6.45, 7) is 20.2. The minimum absolute atomic E-state index is 0.0385. The van der Waals surface area contributed by atoms with Crippen molar-refractivity contribution < 1.29 is 14.4 Å². The van der Waals surface area contributed by atoms with E-state index in [0.717, 1.165) is 63.5 Å². The van der Waals surface area contributed by atoms with E-state index in [1.54, 1.807) is 0 Å². The number of rotatable bonds is 4. The number of carbonyl (C=O) groups excluding carboxylic acids is 1. The van der Waals surface area contributed by atoms with Gasteiger partial charge in [-0.25, -0.2) is 0 Å². The number of hydrogen-bond acceptors (Lipinski definition) is 5. The number of benzene rings is 1. The molecule has 0 spiro atoms. The smallest absolute Gasteiger partial charge is 0.249 e. The van der Waals surface area contributed by atoms with Crippen molar-refractivity contribution in [3.8, 4) is 11.4 Å². The number of likely N-dealkylation sites (tertiary alicyclic amines) is 1. The zero-order valence-corrected chi connectivity index (χ0v) is 30.4. The Morgan fingerprint density at radius 2 is 1.67 bits per heavy atom. The summed E-state index contributed by atoms with van der Waals surface area (Å²) >= 11 is 0. The van der Waals surface area contributed by atoms with E-state index in [0.29, 0.717) is 47.2 Å². The lowest BCUT2D eigenvalue weighted by Crippen LogP contribution is -2.67. The Morgan fingerprint density at radius 3 is 2.42 bits per heavy atom. The van der Waals surface area contributed by atoms with Crippen LogP contribution in [0, 0.1) is 56.7 Å². The van der Waals surface area contributed by atoms with E-state index in [1.807, 2.05) is 30.3 Å². The maximum Gasteiger partial charge on any atom is 0.249 e. The third-order valence-electron chi connectivity index (χ3n) is 16.7. The molecule has 8 rings (SSSR count). The van der Waals surface area contributed by atoms with Crippen LogP contribution < -0.4 is 0 Å². The molecule has 6 fully saturated rings. The van der Waals surface area contributed by atoms with Crippen molar-refractivity contribution in [2.24, 2.45) is 56.7 Å². The third-order valence-corrected chi connectivity index (χ3v) is 16.7.